The molecule has 32 heavy (non-hydrogen) atoms. The summed E-state index contributed by atoms with van der Waals surface area (Å²) in [5.41, 5.74) is 5.54. The van der Waals surface area contributed by atoms with Gasteiger partial charge in [-0.1, -0.05) is 36.4 Å². The van der Waals surface area contributed by atoms with Crippen molar-refractivity contribution in [1.82, 2.24) is 15.3 Å². The van der Waals surface area contributed by atoms with E-state index in [1.54, 1.807) is 24.3 Å². The fourth-order valence-corrected chi connectivity index (χ4v) is 4.19. The number of thioether (sulfide) groups is 1. The Balaban J connectivity index is 1.86. The molecule has 7 heteroatoms. The topological polar surface area (TPSA) is 95.1 Å². The maximum Gasteiger partial charge on any atom is 0.306 e. The predicted molar refractivity (Wildman–Crippen MR) is 129 cm³/mol. The number of carboxylic acids is 1. The lowest BCUT2D eigenvalue weighted by molar-refractivity contribution is -0.141. The van der Waals surface area contributed by atoms with E-state index in [9.17, 15) is 14.7 Å². The van der Waals surface area contributed by atoms with Crippen molar-refractivity contribution in [2.24, 2.45) is 5.92 Å². The number of aliphatic carboxylic acids is 1. The van der Waals surface area contributed by atoms with Gasteiger partial charge in [-0.2, -0.15) is 11.8 Å². The number of carbonyl (C=O) groups is 2. The van der Waals surface area contributed by atoms with E-state index in [0.717, 1.165) is 33.7 Å². The second kappa shape index (κ2) is 11.6. The van der Waals surface area contributed by atoms with Gasteiger partial charge in [-0.25, -0.2) is 4.98 Å². The number of H-pyrrole nitrogens is 1. The van der Waals surface area contributed by atoms with Gasteiger partial charge in [0.15, 0.2) is 5.78 Å². The van der Waals surface area contributed by atoms with Gasteiger partial charge < -0.3 is 15.4 Å². The molecule has 0 aliphatic carbocycles. The summed E-state index contributed by atoms with van der Waals surface area (Å²) < 4.78 is 0. The zero-order valence-electron chi connectivity index (χ0n) is 18.4. The highest BCUT2D eigenvalue weighted by molar-refractivity contribution is 7.98. The Kier molecular flexibility index (Phi) is 8.64. The van der Waals surface area contributed by atoms with Crippen molar-refractivity contribution >= 4 is 23.5 Å². The summed E-state index contributed by atoms with van der Waals surface area (Å²) in [6, 6.07) is 13.8. The smallest absolute Gasteiger partial charge is 0.306 e. The molecule has 0 aliphatic rings. The monoisotopic (exact) mass is 451 g/mol. The van der Waals surface area contributed by atoms with Crippen molar-refractivity contribution < 1.29 is 14.7 Å². The van der Waals surface area contributed by atoms with Gasteiger partial charge in [-0.3, -0.25) is 9.59 Å². The highest BCUT2D eigenvalue weighted by atomic mass is 32.2. The molecule has 0 bridgehead atoms. The molecular weight excluding hydrogens is 422 g/mol. The summed E-state index contributed by atoms with van der Waals surface area (Å²) in [5.74, 6) is -0.996. The number of nitrogens with one attached hydrogen (secondary N) is 2. The van der Waals surface area contributed by atoms with Crippen LogP contribution in [0.2, 0.25) is 0 Å². The lowest BCUT2D eigenvalue weighted by atomic mass is 9.88. The molecule has 3 rings (SSSR count). The minimum Gasteiger partial charge on any atom is -0.481 e. The Morgan fingerprint density at radius 1 is 1.16 bits per heavy atom. The van der Waals surface area contributed by atoms with E-state index >= 15 is 0 Å². The largest absolute Gasteiger partial charge is 0.481 e. The second-order valence-electron chi connectivity index (χ2n) is 7.82. The Hall–Kier alpha value is -2.90. The van der Waals surface area contributed by atoms with Crippen LogP contribution in [0.4, 0.5) is 0 Å². The number of hydrogen-bond donors (Lipinski definition) is 3. The van der Waals surface area contributed by atoms with Crippen LogP contribution in [-0.2, 0) is 17.9 Å². The zero-order valence-corrected chi connectivity index (χ0v) is 19.2. The number of carbonyl (C=O) groups excluding carboxylic acids is 1. The number of aryl methyl sites for hydroxylation is 1. The van der Waals surface area contributed by atoms with Crippen LogP contribution in [0, 0.1) is 12.8 Å². The number of aromatic amines is 1. The minimum atomic E-state index is -0.913. The maximum atomic E-state index is 13.2. The summed E-state index contributed by atoms with van der Waals surface area (Å²) in [6.45, 7) is 3.32. The summed E-state index contributed by atoms with van der Waals surface area (Å²) in [4.78, 5) is 32.0. The maximum absolute atomic E-state index is 13.2. The van der Waals surface area contributed by atoms with Gasteiger partial charge in [0.2, 0.25) is 0 Å². The van der Waals surface area contributed by atoms with Crippen LogP contribution in [0.5, 0.6) is 0 Å². The van der Waals surface area contributed by atoms with E-state index in [2.05, 4.69) is 15.3 Å². The molecule has 0 saturated heterocycles. The highest BCUT2D eigenvalue weighted by Gasteiger charge is 2.24. The normalized spacial score (nSPS) is 11.9. The van der Waals surface area contributed by atoms with Gasteiger partial charge in [0, 0.05) is 37.0 Å². The number of benzene rings is 2. The zero-order chi connectivity index (χ0) is 22.9. The van der Waals surface area contributed by atoms with Crippen LogP contribution in [-0.4, -0.2) is 38.8 Å². The van der Waals surface area contributed by atoms with Crippen LogP contribution < -0.4 is 5.32 Å². The number of hydrogen-bond acceptors (Lipinski definition) is 5. The molecule has 168 valence electrons. The van der Waals surface area contributed by atoms with Crippen molar-refractivity contribution in [1.29, 1.82) is 0 Å². The quantitative estimate of drug-likeness (QED) is 0.346. The molecule has 0 fully saturated rings. The molecular formula is C25H29N3O3S. The molecule has 1 heterocycles. The molecule has 3 aromatic rings. The lowest BCUT2D eigenvalue weighted by Crippen LogP contribution is -2.19. The Bertz CT molecular complexity index is 1050. The molecule has 0 radical (unpaired) electrons. The number of rotatable bonds is 12. The van der Waals surface area contributed by atoms with Gasteiger partial charge in [0.05, 0.1) is 12.2 Å². The first-order chi connectivity index (χ1) is 15.5. The van der Waals surface area contributed by atoms with Crippen LogP contribution >= 0.6 is 11.8 Å². The first-order valence-electron chi connectivity index (χ1n) is 10.6. The van der Waals surface area contributed by atoms with Gasteiger partial charge in [-0.05, 0) is 53.7 Å². The summed E-state index contributed by atoms with van der Waals surface area (Å²) in [5, 5.41) is 12.9. The van der Waals surface area contributed by atoms with Crippen molar-refractivity contribution in [2.45, 2.75) is 32.9 Å². The number of aromatic nitrogens is 2. The van der Waals surface area contributed by atoms with E-state index in [0.29, 0.717) is 25.1 Å². The first-order valence-corrected chi connectivity index (χ1v) is 12.0. The SMILES string of the molecule is CSCC[C@@H](CC(=O)c1ccc(CNCc2cnc[nH]2)cc1-c1ccccc1C)C(=O)O. The molecule has 0 aliphatic heterocycles. The highest BCUT2D eigenvalue weighted by Crippen LogP contribution is 2.30. The summed E-state index contributed by atoms with van der Waals surface area (Å²) in [6.07, 6.45) is 5.86. The third-order valence-electron chi connectivity index (χ3n) is 5.47. The predicted octanol–water partition coefficient (Wildman–Crippen LogP) is 4.70. The molecule has 2 aromatic carbocycles. The Morgan fingerprint density at radius 3 is 2.66 bits per heavy atom. The van der Waals surface area contributed by atoms with E-state index in [-0.39, 0.29) is 12.2 Å². The molecule has 0 saturated carbocycles. The van der Waals surface area contributed by atoms with Crippen LogP contribution in [0.15, 0.2) is 55.0 Å². The third-order valence-corrected chi connectivity index (χ3v) is 6.11. The van der Waals surface area contributed by atoms with E-state index in [4.69, 9.17) is 0 Å². The number of Topliss-reactive ketones (excluding diaryl/α,β-unsaturated/α-hetero) is 1. The molecule has 6 nitrogen and oxygen atoms in total. The fourth-order valence-electron chi connectivity index (χ4n) is 3.67. The number of carboxylic acid groups (broad SMARTS) is 1. The average Bonchev–Trinajstić information content (AvgIpc) is 3.30. The van der Waals surface area contributed by atoms with Gasteiger partial charge >= 0.3 is 5.97 Å². The second-order valence-corrected chi connectivity index (χ2v) is 8.80. The Morgan fingerprint density at radius 2 is 1.97 bits per heavy atom. The number of ketones is 1. The molecule has 0 spiro atoms. The molecule has 3 N–H and O–H groups in total. The fraction of sp³-hybridized carbons (Fsp3) is 0.320. The number of nitrogens with zero attached hydrogens (tertiary/aromatic N) is 1. The van der Waals surface area contributed by atoms with Crippen molar-refractivity contribution in [3.63, 3.8) is 0 Å². The summed E-state index contributed by atoms with van der Waals surface area (Å²) in [7, 11) is 0. The van der Waals surface area contributed by atoms with E-state index in [1.807, 2.05) is 55.6 Å². The lowest BCUT2D eigenvalue weighted by Gasteiger charge is -2.16. The average molecular weight is 452 g/mol. The standard InChI is InChI=1S/C25H29N3O3S/c1-17-5-3-4-6-21(17)23-11-18(13-26-14-20-15-27-16-28-20)7-8-22(23)24(29)12-19(25(30)31)9-10-32-2/h3-8,11,15-16,19,26H,9-10,12-14H2,1-2H3,(H,27,28)(H,30,31)/t19-/m0/s1. The third kappa shape index (κ3) is 6.31. The molecule has 0 amide bonds. The van der Waals surface area contributed by atoms with Crippen molar-refractivity contribution in [2.75, 3.05) is 12.0 Å². The van der Waals surface area contributed by atoms with Gasteiger partial charge in [0.25, 0.3) is 0 Å². The molecule has 1 atom stereocenters. The van der Waals surface area contributed by atoms with Crippen LogP contribution in [0.1, 0.15) is 40.0 Å². The summed E-state index contributed by atoms with van der Waals surface area (Å²) >= 11 is 1.59. The van der Waals surface area contributed by atoms with Gasteiger partial charge in [-0.15, -0.1) is 0 Å². The van der Waals surface area contributed by atoms with Crippen LogP contribution in [0.3, 0.4) is 0 Å². The van der Waals surface area contributed by atoms with Gasteiger partial charge in [0.1, 0.15) is 0 Å². The van der Waals surface area contributed by atoms with Crippen LogP contribution in [0.25, 0.3) is 11.1 Å². The molecule has 0 unspecified atom stereocenters. The molecule has 1 aromatic heterocycles. The minimum absolute atomic E-state index is 0.00615. The van der Waals surface area contributed by atoms with Crippen molar-refractivity contribution in [3.05, 3.63) is 77.4 Å². The van der Waals surface area contributed by atoms with E-state index < -0.39 is 11.9 Å². The Labute approximate surface area is 192 Å². The number of imidazole rings is 1. The van der Waals surface area contributed by atoms with E-state index in [1.165, 1.54) is 0 Å². The first kappa shape index (κ1) is 23.8. The van der Waals surface area contributed by atoms with Crippen molar-refractivity contribution in [3.8, 4) is 11.1 Å².